The van der Waals surface area contributed by atoms with Gasteiger partial charge in [0, 0.05) is 39.8 Å². The van der Waals surface area contributed by atoms with Crippen molar-refractivity contribution in [2.45, 2.75) is 13.0 Å². The van der Waals surface area contributed by atoms with Crippen molar-refractivity contribution in [3.63, 3.8) is 0 Å². The highest BCUT2D eigenvalue weighted by Crippen LogP contribution is 2.02. The van der Waals surface area contributed by atoms with E-state index in [2.05, 4.69) is 22.8 Å². The second kappa shape index (κ2) is 5.97. The van der Waals surface area contributed by atoms with Crippen molar-refractivity contribution >= 4 is 0 Å². The van der Waals surface area contributed by atoms with Crippen LogP contribution in [-0.2, 0) is 4.74 Å². The molecule has 0 bridgehead atoms. The Balaban J connectivity index is 2.19. The first-order valence-corrected chi connectivity index (χ1v) is 5.10. The zero-order valence-corrected chi connectivity index (χ0v) is 9.07. The largest absolute Gasteiger partial charge is 0.380 e. The number of rotatable bonds is 4. The lowest BCUT2D eigenvalue weighted by Crippen LogP contribution is -2.48. The van der Waals surface area contributed by atoms with E-state index in [0.29, 0.717) is 12.6 Å². The highest BCUT2D eigenvalue weighted by Gasteiger charge is 2.17. The number of methoxy groups -OCH3 is 1. The monoisotopic (exact) mass is 197 g/mol. The number of piperazine rings is 1. The lowest BCUT2D eigenvalue weighted by atomic mass is 10.3. The summed E-state index contributed by atoms with van der Waals surface area (Å²) in [7, 11) is 1.75. The van der Waals surface area contributed by atoms with Gasteiger partial charge in [-0.15, -0.1) is 0 Å². The number of ether oxygens (including phenoxy) is 1. The molecule has 0 aromatic carbocycles. The summed E-state index contributed by atoms with van der Waals surface area (Å²) in [5, 5.41) is 8.54. The van der Waals surface area contributed by atoms with Crippen molar-refractivity contribution in [2.24, 2.45) is 0 Å². The molecule has 4 heteroatoms. The van der Waals surface area contributed by atoms with Crippen LogP contribution < -0.4 is 0 Å². The first-order chi connectivity index (χ1) is 6.76. The van der Waals surface area contributed by atoms with Gasteiger partial charge in [0.15, 0.2) is 0 Å². The molecule has 1 aliphatic heterocycles. The molecule has 1 aliphatic rings. The average molecular weight is 197 g/mol. The van der Waals surface area contributed by atoms with Crippen molar-refractivity contribution in [1.29, 1.82) is 5.26 Å². The number of hydrogen-bond acceptors (Lipinski definition) is 4. The van der Waals surface area contributed by atoms with Crippen LogP contribution in [0, 0.1) is 11.3 Å². The fraction of sp³-hybridized carbons (Fsp3) is 0.900. The third kappa shape index (κ3) is 3.62. The van der Waals surface area contributed by atoms with Gasteiger partial charge in [-0.25, -0.2) is 0 Å². The van der Waals surface area contributed by atoms with Crippen LogP contribution in [0.3, 0.4) is 0 Å². The number of hydrogen-bond donors (Lipinski definition) is 0. The molecule has 4 nitrogen and oxygen atoms in total. The van der Waals surface area contributed by atoms with Gasteiger partial charge >= 0.3 is 0 Å². The van der Waals surface area contributed by atoms with E-state index in [-0.39, 0.29) is 0 Å². The van der Waals surface area contributed by atoms with Crippen LogP contribution in [0.25, 0.3) is 0 Å². The summed E-state index contributed by atoms with van der Waals surface area (Å²) in [6.45, 7) is 7.75. The maximum absolute atomic E-state index is 8.54. The predicted octanol–water partition coefficient (Wildman–Crippen LogP) is 0.162. The minimum absolute atomic E-state index is 0.303. The minimum atomic E-state index is 0.303. The molecule has 0 spiro atoms. The Labute approximate surface area is 86.0 Å². The lowest BCUT2D eigenvalue weighted by molar-refractivity contribution is 0.0552. The molecule has 1 fully saturated rings. The molecule has 0 saturated carbocycles. The van der Waals surface area contributed by atoms with Gasteiger partial charge in [-0.3, -0.25) is 9.80 Å². The molecule has 1 unspecified atom stereocenters. The van der Waals surface area contributed by atoms with Gasteiger partial charge in [0.2, 0.25) is 0 Å². The molecule has 0 radical (unpaired) electrons. The Morgan fingerprint density at radius 3 is 2.36 bits per heavy atom. The molecule has 14 heavy (non-hydrogen) atoms. The molecular formula is C10H19N3O. The zero-order chi connectivity index (χ0) is 10.4. The Hall–Kier alpha value is -0.630. The van der Waals surface area contributed by atoms with Crippen LogP contribution in [0.5, 0.6) is 0 Å². The fourth-order valence-corrected chi connectivity index (χ4v) is 1.67. The fourth-order valence-electron chi connectivity index (χ4n) is 1.67. The first kappa shape index (κ1) is 11.4. The maximum Gasteiger partial charge on any atom is 0.0866 e. The Kier molecular flexibility index (Phi) is 4.88. The maximum atomic E-state index is 8.54. The van der Waals surface area contributed by atoms with Crippen LogP contribution in [0.1, 0.15) is 6.92 Å². The Bertz CT molecular complexity index is 194. The van der Waals surface area contributed by atoms with Gasteiger partial charge < -0.3 is 4.74 Å². The topological polar surface area (TPSA) is 39.5 Å². The van der Waals surface area contributed by atoms with Gasteiger partial charge in [0.25, 0.3) is 0 Å². The highest BCUT2D eigenvalue weighted by molar-refractivity contribution is 4.81. The molecule has 0 aromatic heterocycles. The van der Waals surface area contributed by atoms with E-state index in [9.17, 15) is 0 Å². The molecule has 80 valence electrons. The summed E-state index contributed by atoms with van der Waals surface area (Å²) in [6, 6.07) is 2.19. The molecular weight excluding hydrogens is 178 g/mol. The summed E-state index contributed by atoms with van der Waals surface area (Å²) in [5.41, 5.74) is 0. The van der Waals surface area contributed by atoms with E-state index in [1.807, 2.05) is 0 Å². The SMILES string of the molecule is COC(C)CN1CCN(CC#N)CC1. The summed E-state index contributed by atoms with van der Waals surface area (Å²) >= 11 is 0. The van der Waals surface area contributed by atoms with E-state index in [1.165, 1.54) is 0 Å². The van der Waals surface area contributed by atoms with Crippen LogP contribution >= 0.6 is 0 Å². The molecule has 1 rings (SSSR count). The summed E-state index contributed by atoms with van der Waals surface area (Å²) < 4.78 is 5.22. The van der Waals surface area contributed by atoms with E-state index in [4.69, 9.17) is 10.00 Å². The van der Waals surface area contributed by atoms with Gasteiger partial charge in [-0.1, -0.05) is 0 Å². The van der Waals surface area contributed by atoms with Gasteiger partial charge in [0.1, 0.15) is 0 Å². The lowest BCUT2D eigenvalue weighted by Gasteiger charge is -2.34. The molecule has 0 aromatic rings. The third-order valence-electron chi connectivity index (χ3n) is 2.68. The molecule has 0 N–H and O–H groups in total. The summed E-state index contributed by atoms with van der Waals surface area (Å²) in [6.07, 6.45) is 0.303. The van der Waals surface area contributed by atoms with Crippen LogP contribution in [0.4, 0.5) is 0 Å². The normalized spacial score (nSPS) is 21.8. The van der Waals surface area contributed by atoms with Gasteiger partial charge in [-0.05, 0) is 6.92 Å². The van der Waals surface area contributed by atoms with E-state index < -0.39 is 0 Å². The smallest absolute Gasteiger partial charge is 0.0866 e. The number of nitriles is 1. The highest BCUT2D eigenvalue weighted by atomic mass is 16.5. The van der Waals surface area contributed by atoms with Crippen molar-refractivity contribution in [3.05, 3.63) is 0 Å². The summed E-state index contributed by atoms with van der Waals surface area (Å²) in [5.74, 6) is 0. The third-order valence-corrected chi connectivity index (χ3v) is 2.68. The van der Waals surface area contributed by atoms with Crippen LogP contribution in [0.2, 0.25) is 0 Å². The molecule has 1 heterocycles. The molecule has 0 aliphatic carbocycles. The van der Waals surface area contributed by atoms with Crippen molar-refractivity contribution in [2.75, 3.05) is 46.4 Å². The van der Waals surface area contributed by atoms with E-state index in [0.717, 1.165) is 32.7 Å². The predicted molar refractivity (Wildman–Crippen MR) is 55.0 cm³/mol. The Morgan fingerprint density at radius 1 is 1.29 bits per heavy atom. The minimum Gasteiger partial charge on any atom is -0.380 e. The first-order valence-electron chi connectivity index (χ1n) is 5.10. The van der Waals surface area contributed by atoms with Crippen molar-refractivity contribution in [1.82, 2.24) is 9.80 Å². The van der Waals surface area contributed by atoms with Crippen molar-refractivity contribution in [3.8, 4) is 6.07 Å². The van der Waals surface area contributed by atoms with Gasteiger partial charge in [-0.2, -0.15) is 5.26 Å². The van der Waals surface area contributed by atoms with E-state index >= 15 is 0 Å². The average Bonchev–Trinajstić information content (AvgIpc) is 2.21. The quantitative estimate of drug-likeness (QED) is 0.602. The number of nitrogens with zero attached hydrogens (tertiary/aromatic N) is 3. The molecule has 1 atom stereocenters. The van der Waals surface area contributed by atoms with Gasteiger partial charge in [0.05, 0.1) is 18.7 Å². The van der Waals surface area contributed by atoms with Crippen LogP contribution in [-0.4, -0.2) is 62.3 Å². The van der Waals surface area contributed by atoms with E-state index in [1.54, 1.807) is 7.11 Å². The summed E-state index contributed by atoms with van der Waals surface area (Å²) in [4.78, 5) is 4.58. The molecule has 1 saturated heterocycles. The molecule has 0 amide bonds. The standard InChI is InChI=1S/C10H19N3O/c1-10(14-2)9-13-7-5-12(4-3-11)6-8-13/h10H,4-9H2,1-2H3. The van der Waals surface area contributed by atoms with Crippen LogP contribution in [0.15, 0.2) is 0 Å². The second-order valence-corrected chi connectivity index (χ2v) is 3.78. The second-order valence-electron chi connectivity index (χ2n) is 3.78. The zero-order valence-electron chi connectivity index (χ0n) is 9.07. The Morgan fingerprint density at radius 2 is 1.86 bits per heavy atom. The van der Waals surface area contributed by atoms with Crippen molar-refractivity contribution < 1.29 is 4.74 Å².